The van der Waals surface area contributed by atoms with Gasteiger partial charge in [0.15, 0.2) is 18.0 Å². The van der Waals surface area contributed by atoms with E-state index in [1.165, 1.54) is 13.0 Å². The van der Waals surface area contributed by atoms with Crippen LogP contribution in [0.3, 0.4) is 0 Å². The second-order valence-corrected chi connectivity index (χ2v) is 17.8. The van der Waals surface area contributed by atoms with Crippen molar-refractivity contribution in [1.29, 1.82) is 0 Å². The summed E-state index contributed by atoms with van der Waals surface area (Å²) in [6.07, 6.45) is -9.19. The summed E-state index contributed by atoms with van der Waals surface area (Å²) in [5, 5.41) is 27.1. The Kier molecular flexibility index (Phi) is 11.3. The van der Waals surface area contributed by atoms with E-state index >= 15 is 0 Å². The molecule has 13 atom stereocenters. The van der Waals surface area contributed by atoms with Crippen LogP contribution in [0.2, 0.25) is 0 Å². The first-order chi connectivity index (χ1) is 26.5. The van der Waals surface area contributed by atoms with Gasteiger partial charge < -0.3 is 48.7 Å². The third kappa shape index (κ3) is 7.28. The van der Waals surface area contributed by atoms with Crippen LogP contribution in [0, 0.1) is 16.7 Å². The fourth-order valence-corrected chi connectivity index (χ4v) is 10.00. The number of alkyl halides is 1. The second-order valence-electron chi connectivity index (χ2n) is 17.8. The number of aliphatic hydroxyl groups is 2. The van der Waals surface area contributed by atoms with E-state index in [1.54, 1.807) is 71.9 Å². The Labute approximate surface area is 332 Å². The van der Waals surface area contributed by atoms with Gasteiger partial charge in [-0.15, -0.1) is 0 Å². The molecule has 1 aromatic carbocycles. The number of halogens is 1. The number of carbonyl (C=O) groups is 4. The number of nitrogens with one attached hydrogen (secondary N) is 1. The van der Waals surface area contributed by atoms with Gasteiger partial charge in [-0.05, 0) is 76.8 Å². The largest absolute Gasteiger partial charge is 0.456 e. The number of benzene rings is 1. The van der Waals surface area contributed by atoms with E-state index in [1.807, 2.05) is 6.92 Å². The number of carbonyl (C=O) groups excluding carboxylic acids is 4. The fourth-order valence-electron chi connectivity index (χ4n) is 10.00. The molecule has 0 radical (unpaired) electrons. The highest BCUT2D eigenvalue weighted by Gasteiger charge is 2.77. The number of amides is 1. The number of alkyl carbamates (subject to hydrolysis) is 1. The molecule has 1 amide bonds. The summed E-state index contributed by atoms with van der Waals surface area (Å²) < 4.78 is 58.2. The third-order valence-electron chi connectivity index (χ3n) is 12.7. The molecule has 0 unspecified atom stereocenters. The predicted octanol–water partition coefficient (Wildman–Crippen LogP) is 4.64. The summed E-state index contributed by atoms with van der Waals surface area (Å²) >= 11 is 0. The van der Waals surface area contributed by atoms with Crippen molar-refractivity contribution in [2.24, 2.45) is 16.7 Å². The molecule has 0 spiro atoms. The maximum atomic E-state index is 15.0. The minimum atomic E-state index is -2.21. The molecule has 314 valence electrons. The van der Waals surface area contributed by atoms with E-state index in [9.17, 15) is 33.8 Å². The zero-order valence-electron chi connectivity index (χ0n) is 34.0. The maximum absolute atomic E-state index is 15.0. The Hall–Kier alpha value is -3.89. The van der Waals surface area contributed by atoms with Gasteiger partial charge in [0.2, 0.25) is 0 Å². The van der Waals surface area contributed by atoms with E-state index in [2.05, 4.69) is 11.9 Å². The second kappa shape index (κ2) is 15.0. The molecule has 57 heavy (non-hydrogen) atoms. The van der Waals surface area contributed by atoms with E-state index in [4.69, 9.17) is 33.2 Å². The number of hydrogen-bond acceptors (Lipinski definition) is 13. The van der Waals surface area contributed by atoms with Gasteiger partial charge >= 0.3 is 24.0 Å². The molecule has 2 saturated heterocycles. The average Bonchev–Trinajstić information content (AvgIpc) is 3.54. The molecule has 1 aromatic rings. The first kappa shape index (κ1) is 42.7. The van der Waals surface area contributed by atoms with Crippen LogP contribution in [0.1, 0.15) is 91.9 Å². The predicted molar refractivity (Wildman–Crippen MR) is 200 cm³/mol. The number of fused-ring (bicyclic) bond motifs is 8. The smallest absolute Gasteiger partial charge is 0.408 e. The van der Waals surface area contributed by atoms with Gasteiger partial charge in [0, 0.05) is 24.2 Å². The van der Waals surface area contributed by atoms with Gasteiger partial charge in [-0.3, -0.25) is 4.79 Å². The summed E-state index contributed by atoms with van der Waals surface area (Å²) in [7, 11) is 0. The molecule has 5 aliphatic rings. The Morgan fingerprint density at radius 1 is 1.09 bits per heavy atom. The summed E-state index contributed by atoms with van der Waals surface area (Å²) in [6, 6.07) is 6.48. The standard InChI is InChI=1S/C42H56FNO13/c1-11-27-53-31-28-21(2)25(52-36(48)30(46)29(22(3)43)44-37(49)57-38(5,6)7)19-42(50,39(28,8)9)34(55-35(47)24-15-13-12-14-16-24)32-40(10,33(31)54-27)18-17-26-41(32,20-51-26)56-23(4)45/h11-16,22,25-27,29-34,46,50H,1,17-20H2,2-10H3,(H,44,49)/t22-,25-,26+,27+,29-,30+,31+,32-,33+,34-,40+,41-,42+/m0/s1. The Morgan fingerprint density at radius 3 is 2.32 bits per heavy atom. The fraction of sp³-hybridized carbons (Fsp3) is 0.667. The number of ether oxygens (including phenoxy) is 7. The maximum Gasteiger partial charge on any atom is 0.408 e. The molecule has 2 aliphatic heterocycles. The molecule has 15 heteroatoms. The topological polar surface area (TPSA) is 185 Å². The van der Waals surface area contributed by atoms with Crippen LogP contribution in [-0.4, -0.2) is 113 Å². The van der Waals surface area contributed by atoms with Crippen molar-refractivity contribution in [3.8, 4) is 0 Å². The van der Waals surface area contributed by atoms with Crippen LogP contribution in [-0.2, 0) is 42.7 Å². The minimum Gasteiger partial charge on any atom is -0.456 e. The lowest BCUT2D eigenvalue weighted by atomic mass is 9.45. The van der Waals surface area contributed by atoms with Gasteiger partial charge in [0.05, 0.1) is 30.2 Å². The van der Waals surface area contributed by atoms with Crippen molar-refractivity contribution < 1.29 is 66.9 Å². The molecule has 6 rings (SSSR count). The van der Waals surface area contributed by atoms with Crippen LogP contribution in [0.15, 0.2) is 54.1 Å². The van der Waals surface area contributed by atoms with Crippen molar-refractivity contribution in [3.63, 3.8) is 0 Å². The first-order valence-electron chi connectivity index (χ1n) is 19.5. The molecule has 2 bridgehead atoms. The lowest BCUT2D eigenvalue weighted by Gasteiger charge is -2.68. The van der Waals surface area contributed by atoms with Gasteiger partial charge in [0.25, 0.3) is 0 Å². The average molecular weight is 802 g/mol. The van der Waals surface area contributed by atoms with Gasteiger partial charge in [-0.1, -0.05) is 45.5 Å². The molecule has 4 fully saturated rings. The number of rotatable bonds is 9. The normalized spacial score (nSPS) is 36.9. The van der Waals surface area contributed by atoms with E-state index < -0.39 is 113 Å². The van der Waals surface area contributed by atoms with Crippen LogP contribution in [0.4, 0.5) is 9.18 Å². The summed E-state index contributed by atoms with van der Waals surface area (Å²) in [5.41, 5.74) is -5.63. The lowest BCUT2D eigenvalue weighted by Crippen LogP contribution is -2.79. The number of aliphatic hydroxyl groups excluding tert-OH is 1. The van der Waals surface area contributed by atoms with E-state index in [0.29, 0.717) is 24.0 Å². The molecule has 2 saturated carbocycles. The molecular formula is C42H56FNO13. The summed E-state index contributed by atoms with van der Waals surface area (Å²) in [6.45, 7) is 18.2. The monoisotopic (exact) mass is 801 g/mol. The van der Waals surface area contributed by atoms with Crippen molar-refractivity contribution >= 4 is 24.0 Å². The van der Waals surface area contributed by atoms with Gasteiger partial charge in [-0.2, -0.15) is 0 Å². The number of hydrogen-bond donors (Lipinski definition) is 3. The molecule has 0 aromatic heterocycles. The van der Waals surface area contributed by atoms with Crippen molar-refractivity contribution in [1.82, 2.24) is 5.32 Å². The highest BCUT2D eigenvalue weighted by atomic mass is 19.1. The first-order valence-corrected chi connectivity index (χ1v) is 19.5. The molecule has 3 aliphatic carbocycles. The molecule has 3 N–H and O–H groups in total. The van der Waals surface area contributed by atoms with Gasteiger partial charge in [-0.25, -0.2) is 18.8 Å². The van der Waals surface area contributed by atoms with Crippen LogP contribution in [0.5, 0.6) is 0 Å². The number of esters is 3. The minimum absolute atomic E-state index is 0.0592. The van der Waals surface area contributed by atoms with E-state index in [0.717, 1.165) is 6.92 Å². The summed E-state index contributed by atoms with van der Waals surface area (Å²) in [5.74, 6) is -3.64. The van der Waals surface area contributed by atoms with Crippen LogP contribution >= 0.6 is 0 Å². The van der Waals surface area contributed by atoms with Crippen LogP contribution in [0.25, 0.3) is 0 Å². The van der Waals surface area contributed by atoms with Gasteiger partial charge in [0.1, 0.15) is 41.8 Å². The van der Waals surface area contributed by atoms with Crippen molar-refractivity contribution in [2.75, 3.05) is 6.61 Å². The zero-order valence-corrected chi connectivity index (χ0v) is 34.0. The Morgan fingerprint density at radius 2 is 1.75 bits per heavy atom. The third-order valence-corrected chi connectivity index (χ3v) is 12.7. The summed E-state index contributed by atoms with van der Waals surface area (Å²) in [4.78, 5) is 53.7. The SMILES string of the molecule is C=C[C@@H]1O[C@@H]2C3=C(C)[C@@H](OC(=O)[C@H](O)[C@@H](NC(=O)OC(C)(C)C)[C@H](C)F)C[C@@](O)([C@@H](OC(=O)c4ccccc4)[C@H]4[C@@](C)(CC[C@H]5OC[C@]54OC(C)=O)[C@@H]2O1)C3(C)C. The highest BCUT2D eigenvalue weighted by molar-refractivity contribution is 5.89. The quantitative estimate of drug-likeness (QED) is 0.178. The molecular weight excluding hydrogens is 745 g/mol. The van der Waals surface area contributed by atoms with Crippen molar-refractivity contribution in [2.45, 2.75) is 154 Å². The van der Waals surface area contributed by atoms with Crippen molar-refractivity contribution in [3.05, 3.63) is 59.7 Å². The Bertz CT molecular complexity index is 1790. The molecule has 14 nitrogen and oxygen atoms in total. The lowest BCUT2D eigenvalue weighted by molar-refractivity contribution is -0.345. The Balaban J connectivity index is 1.51. The zero-order chi connectivity index (χ0) is 42.0. The highest BCUT2D eigenvalue weighted by Crippen LogP contribution is 2.66. The van der Waals surface area contributed by atoms with Crippen LogP contribution < -0.4 is 5.32 Å². The van der Waals surface area contributed by atoms with E-state index in [-0.39, 0.29) is 18.6 Å². The molecule has 2 heterocycles.